The molecule has 1 fully saturated rings. The van der Waals surface area contributed by atoms with Gasteiger partial charge in [-0.1, -0.05) is 52.9 Å². The van der Waals surface area contributed by atoms with Gasteiger partial charge in [-0.25, -0.2) is 9.69 Å². The number of amides is 2. The molecule has 1 atom stereocenters. The zero-order valence-corrected chi connectivity index (χ0v) is 11.7. The van der Waals surface area contributed by atoms with Gasteiger partial charge in [0.1, 0.15) is 6.61 Å². The first-order valence-corrected chi connectivity index (χ1v) is 7.04. The number of rotatable bonds is 3. The maximum atomic E-state index is 11.9. The van der Waals surface area contributed by atoms with Crippen molar-refractivity contribution in [3.63, 3.8) is 0 Å². The summed E-state index contributed by atoms with van der Waals surface area (Å²) in [5, 5.41) is 0. The van der Waals surface area contributed by atoms with Crippen LogP contribution in [0.3, 0.4) is 0 Å². The fourth-order valence-electron chi connectivity index (χ4n) is 1.66. The number of nitrogens with zero attached hydrogens (tertiary/aromatic N) is 1. The average molecular weight is 357 g/mol. The minimum Gasteiger partial charge on any atom is -0.447 e. The zero-order chi connectivity index (χ0) is 13.0. The monoisotopic (exact) mass is 357 g/mol. The van der Waals surface area contributed by atoms with Crippen LogP contribution in [0.5, 0.6) is 0 Å². The van der Waals surface area contributed by atoms with Gasteiger partial charge in [0.15, 0.2) is 0 Å². The molecule has 1 aromatic rings. The van der Waals surface area contributed by atoms with Gasteiger partial charge in [-0.2, -0.15) is 0 Å². The molecule has 0 radical (unpaired) electrons. The molecule has 94 valence electrons. The van der Waals surface area contributed by atoms with Crippen LogP contribution < -0.4 is 0 Å². The van der Waals surface area contributed by atoms with E-state index in [1.807, 2.05) is 30.3 Å². The molecular weight excluding hydrogens is 345 g/mol. The van der Waals surface area contributed by atoms with E-state index in [1.165, 1.54) is 11.0 Å². The van der Waals surface area contributed by atoms with Gasteiger partial charge in [0.2, 0.25) is 0 Å². The molecule has 0 N–H and O–H groups in total. The molecule has 18 heavy (non-hydrogen) atoms. The van der Waals surface area contributed by atoms with Crippen LogP contribution in [-0.4, -0.2) is 34.0 Å². The second kappa shape index (κ2) is 5.99. The molecule has 0 spiro atoms. The molecule has 0 saturated carbocycles. The lowest BCUT2D eigenvalue weighted by atomic mass is 10.2. The molecule has 1 aliphatic rings. The van der Waals surface area contributed by atoms with Crippen molar-refractivity contribution in [2.24, 2.45) is 0 Å². The fourth-order valence-corrected chi connectivity index (χ4v) is 2.30. The lowest BCUT2D eigenvalue weighted by molar-refractivity contribution is -0.123. The summed E-state index contributed by atoms with van der Waals surface area (Å²) in [5.74, 6) is -0.331. The predicted octanol–water partition coefficient (Wildman–Crippen LogP) is 2.48. The first-order valence-electron chi connectivity index (χ1n) is 5.51. The lowest BCUT2D eigenvalue weighted by Gasteiger charge is -2.15. The number of cyclic esters (lactones) is 1. The Bertz CT molecular complexity index is 472. The van der Waals surface area contributed by atoms with E-state index in [2.05, 4.69) is 22.6 Å². The van der Waals surface area contributed by atoms with Crippen LogP contribution in [0.1, 0.15) is 5.56 Å². The Labute approximate surface area is 119 Å². The second-order valence-electron chi connectivity index (χ2n) is 3.84. The van der Waals surface area contributed by atoms with Crippen LogP contribution in [0, 0.1) is 0 Å². The Kier molecular flexibility index (Phi) is 4.35. The summed E-state index contributed by atoms with van der Waals surface area (Å²) < 4.78 is 5.54. The van der Waals surface area contributed by atoms with Gasteiger partial charge >= 0.3 is 6.09 Å². The summed E-state index contributed by atoms with van der Waals surface area (Å²) in [6.07, 6.45) is 2.54. The zero-order valence-electron chi connectivity index (χ0n) is 9.58. The molecule has 0 aliphatic carbocycles. The number of ether oxygens (including phenoxy) is 1. The van der Waals surface area contributed by atoms with Crippen LogP contribution in [0.25, 0.3) is 6.08 Å². The number of carbonyl (C=O) groups is 2. The van der Waals surface area contributed by atoms with Crippen LogP contribution in [0.4, 0.5) is 4.79 Å². The summed E-state index contributed by atoms with van der Waals surface area (Å²) in [6.45, 7) is 0.284. The summed E-state index contributed by atoms with van der Waals surface area (Å²) in [4.78, 5) is 24.5. The number of hydrogen-bond donors (Lipinski definition) is 0. The molecule has 1 saturated heterocycles. The van der Waals surface area contributed by atoms with E-state index in [0.29, 0.717) is 4.43 Å². The first kappa shape index (κ1) is 13.1. The predicted molar refractivity (Wildman–Crippen MR) is 76.3 cm³/mol. The minimum atomic E-state index is -0.556. The van der Waals surface area contributed by atoms with Crippen molar-refractivity contribution in [2.45, 2.75) is 6.04 Å². The smallest absolute Gasteiger partial charge is 0.417 e. The summed E-state index contributed by atoms with van der Waals surface area (Å²) in [7, 11) is 0. The Morgan fingerprint density at radius 2 is 2.17 bits per heavy atom. The fraction of sp³-hybridized carbons (Fsp3) is 0.231. The van der Waals surface area contributed by atoms with Crippen molar-refractivity contribution >= 4 is 40.7 Å². The van der Waals surface area contributed by atoms with E-state index < -0.39 is 6.09 Å². The molecule has 0 unspecified atom stereocenters. The topological polar surface area (TPSA) is 46.6 Å². The van der Waals surface area contributed by atoms with Crippen molar-refractivity contribution in [1.82, 2.24) is 4.90 Å². The molecule has 1 aromatic carbocycles. The third-order valence-electron chi connectivity index (χ3n) is 2.59. The lowest BCUT2D eigenvalue weighted by Crippen LogP contribution is -2.38. The molecule has 0 bridgehead atoms. The van der Waals surface area contributed by atoms with E-state index in [9.17, 15) is 9.59 Å². The van der Waals surface area contributed by atoms with Gasteiger partial charge in [-0.05, 0) is 11.6 Å². The van der Waals surface area contributed by atoms with E-state index in [4.69, 9.17) is 4.74 Å². The SMILES string of the molecule is O=C(/C=C/c1ccccc1)N1C(=O)OC[C@H]1CI. The molecule has 2 amide bonds. The van der Waals surface area contributed by atoms with Crippen LogP contribution in [0.15, 0.2) is 36.4 Å². The Morgan fingerprint density at radius 1 is 1.44 bits per heavy atom. The third kappa shape index (κ3) is 2.90. The average Bonchev–Trinajstić information content (AvgIpc) is 2.78. The molecule has 5 heteroatoms. The molecule has 1 aliphatic heterocycles. The maximum absolute atomic E-state index is 11.9. The van der Waals surface area contributed by atoms with Gasteiger partial charge in [-0.3, -0.25) is 4.79 Å². The normalized spacial score (nSPS) is 19.3. The Morgan fingerprint density at radius 3 is 2.83 bits per heavy atom. The van der Waals surface area contributed by atoms with Crippen molar-refractivity contribution in [2.75, 3.05) is 11.0 Å². The van der Waals surface area contributed by atoms with Gasteiger partial charge in [0, 0.05) is 10.5 Å². The van der Waals surface area contributed by atoms with Crippen LogP contribution in [0.2, 0.25) is 0 Å². The van der Waals surface area contributed by atoms with Gasteiger partial charge in [0.05, 0.1) is 6.04 Å². The maximum Gasteiger partial charge on any atom is 0.417 e. The third-order valence-corrected chi connectivity index (χ3v) is 3.61. The molecular formula is C13H12INO3. The van der Waals surface area contributed by atoms with E-state index >= 15 is 0 Å². The summed E-state index contributed by atoms with van der Waals surface area (Å²) in [5.41, 5.74) is 0.921. The van der Waals surface area contributed by atoms with Crippen LogP contribution >= 0.6 is 22.6 Å². The summed E-state index contributed by atoms with van der Waals surface area (Å²) in [6, 6.07) is 9.31. The number of alkyl halides is 1. The Balaban J connectivity index is 2.08. The highest BCUT2D eigenvalue weighted by Gasteiger charge is 2.35. The quantitative estimate of drug-likeness (QED) is 0.474. The molecule has 4 nitrogen and oxygen atoms in total. The second-order valence-corrected chi connectivity index (χ2v) is 4.72. The largest absolute Gasteiger partial charge is 0.447 e. The minimum absolute atomic E-state index is 0.161. The summed E-state index contributed by atoms with van der Waals surface area (Å²) >= 11 is 2.14. The van der Waals surface area contributed by atoms with E-state index in [1.54, 1.807) is 6.08 Å². The van der Waals surface area contributed by atoms with Crippen molar-refractivity contribution in [3.8, 4) is 0 Å². The Hall–Kier alpha value is -1.37. The van der Waals surface area contributed by atoms with Crippen molar-refractivity contribution in [3.05, 3.63) is 42.0 Å². The highest BCUT2D eigenvalue weighted by atomic mass is 127. The molecule has 2 rings (SSSR count). The van der Waals surface area contributed by atoms with E-state index in [-0.39, 0.29) is 18.6 Å². The van der Waals surface area contributed by atoms with Crippen LogP contribution in [-0.2, 0) is 9.53 Å². The number of carbonyl (C=O) groups excluding carboxylic acids is 2. The number of imide groups is 1. The number of halogens is 1. The van der Waals surface area contributed by atoms with Gasteiger partial charge in [0.25, 0.3) is 5.91 Å². The number of hydrogen-bond acceptors (Lipinski definition) is 3. The van der Waals surface area contributed by atoms with Crippen molar-refractivity contribution in [1.29, 1.82) is 0 Å². The van der Waals surface area contributed by atoms with Crippen molar-refractivity contribution < 1.29 is 14.3 Å². The number of benzene rings is 1. The van der Waals surface area contributed by atoms with E-state index in [0.717, 1.165) is 5.56 Å². The molecule has 0 aromatic heterocycles. The first-order chi connectivity index (χ1) is 8.72. The highest BCUT2D eigenvalue weighted by Crippen LogP contribution is 2.15. The standard InChI is InChI=1S/C13H12INO3/c14-8-11-9-18-13(17)15(11)12(16)7-6-10-4-2-1-3-5-10/h1-7,11H,8-9H2/b7-6+/t11-/m1/s1. The van der Waals surface area contributed by atoms with Gasteiger partial charge < -0.3 is 4.74 Å². The van der Waals surface area contributed by atoms with Gasteiger partial charge in [-0.15, -0.1) is 0 Å². The highest BCUT2D eigenvalue weighted by molar-refractivity contribution is 14.1. The molecule has 1 heterocycles.